The Hall–Kier alpha value is -1.79. The molecule has 0 aliphatic heterocycles. The highest BCUT2D eigenvalue weighted by Crippen LogP contribution is 2.22. The van der Waals surface area contributed by atoms with Crippen LogP contribution in [0.1, 0.15) is 19.7 Å². The van der Waals surface area contributed by atoms with Crippen molar-refractivity contribution in [1.29, 1.82) is 0 Å². The van der Waals surface area contributed by atoms with Gasteiger partial charge in [-0.25, -0.2) is 14.8 Å². The van der Waals surface area contributed by atoms with Crippen molar-refractivity contribution in [1.82, 2.24) is 19.9 Å². The summed E-state index contributed by atoms with van der Waals surface area (Å²) in [5.41, 5.74) is 0. The molecule has 8 heteroatoms. The Kier molecular flexibility index (Phi) is 5.63. The summed E-state index contributed by atoms with van der Waals surface area (Å²) in [4.78, 5) is 20.1. The zero-order valence-corrected chi connectivity index (χ0v) is 13.8. The van der Waals surface area contributed by atoms with Crippen LogP contribution >= 0.6 is 23.2 Å². The van der Waals surface area contributed by atoms with Gasteiger partial charge in [-0.1, -0.05) is 37.0 Å². The molecule has 0 aromatic carbocycles. The summed E-state index contributed by atoms with van der Waals surface area (Å²) in [7, 11) is 0. The van der Waals surface area contributed by atoms with E-state index in [1.807, 2.05) is 10.8 Å². The molecule has 2 amide bonds. The molecule has 6 nitrogen and oxygen atoms in total. The lowest BCUT2D eigenvalue weighted by Gasteiger charge is -2.11. The number of urea groups is 1. The number of anilines is 1. The summed E-state index contributed by atoms with van der Waals surface area (Å²) < 4.78 is 2.02. The quantitative estimate of drug-likeness (QED) is 0.873. The van der Waals surface area contributed by atoms with Crippen LogP contribution in [0, 0.1) is 5.92 Å². The van der Waals surface area contributed by atoms with Gasteiger partial charge < -0.3 is 9.88 Å². The van der Waals surface area contributed by atoms with Crippen molar-refractivity contribution in [2.45, 2.75) is 26.9 Å². The van der Waals surface area contributed by atoms with E-state index in [1.165, 1.54) is 12.3 Å². The molecule has 0 aliphatic rings. The first-order chi connectivity index (χ1) is 10.5. The first kappa shape index (κ1) is 16.6. The van der Waals surface area contributed by atoms with E-state index in [-0.39, 0.29) is 6.03 Å². The second-order valence-corrected chi connectivity index (χ2v) is 6.00. The Morgan fingerprint density at radius 1 is 1.32 bits per heavy atom. The largest absolute Gasteiger partial charge is 0.333 e. The van der Waals surface area contributed by atoms with Crippen LogP contribution in [0.25, 0.3) is 0 Å². The number of carbonyl (C=O) groups is 1. The first-order valence-corrected chi connectivity index (χ1v) is 7.57. The summed E-state index contributed by atoms with van der Waals surface area (Å²) in [5, 5.41) is 5.99. The monoisotopic (exact) mass is 341 g/mol. The SMILES string of the molecule is CC(C)Cn1ccnc1CNC(=O)Nc1cc(Cl)c(Cl)cn1. The van der Waals surface area contributed by atoms with Gasteiger partial charge in [0.05, 0.1) is 16.6 Å². The molecule has 2 rings (SSSR count). The molecule has 0 fully saturated rings. The number of imidazole rings is 1. The van der Waals surface area contributed by atoms with Crippen LogP contribution in [0.2, 0.25) is 10.0 Å². The number of rotatable bonds is 5. The van der Waals surface area contributed by atoms with E-state index in [1.54, 1.807) is 6.20 Å². The van der Waals surface area contributed by atoms with Crippen molar-refractivity contribution >= 4 is 35.1 Å². The molecular formula is C14H17Cl2N5O. The van der Waals surface area contributed by atoms with Gasteiger partial charge in [-0.05, 0) is 5.92 Å². The fraction of sp³-hybridized carbons (Fsp3) is 0.357. The third kappa shape index (κ3) is 4.61. The van der Waals surface area contributed by atoms with Crippen molar-refractivity contribution in [2.75, 3.05) is 5.32 Å². The minimum atomic E-state index is -0.384. The maximum Gasteiger partial charge on any atom is 0.320 e. The molecule has 0 aliphatic carbocycles. The average Bonchev–Trinajstić information content (AvgIpc) is 2.87. The normalized spacial score (nSPS) is 10.8. The highest BCUT2D eigenvalue weighted by Gasteiger charge is 2.08. The van der Waals surface area contributed by atoms with Gasteiger partial charge in [0.25, 0.3) is 0 Å². The van der Waals surface area contributed by atoms with Crippen molar-refractivity contribution in [3.8, 4) is 0 Å². The molecule has 0 radical (unpaired) electrons. The van der Waals surface area contributed by atoms with Crippen molar-refractivity contribution in [3.63, 3.8) is 0 Å². The van der Waals surface area contributed by atoms with Crippen molar-refractivity contribution in [2.24, 2.45) is 5.92 Å². The van der Waals surface area contributed by atoms with Gasteiger partial charge in [0.15, 0.2) is 0 Å². The fourth-order valence-electron chi connectivity index (χ4n) is 1.87. The third-order valence-electron chi connectivity index (χ3n) is 2.82. The molecule has 2 heterocycles. The standard InChI is InChI=1S/C14H17Cl2N5O/c1-9(2)8-21-4-3-17-13(21)7-19-14(22)20-12-5-10(15)11(16)6-18-12/h3-6,9H,7-8H2,1-2H3,(H2,18,19,20,22). The minimum Gasteiger partial charge on any atom is -0.333 e. The van der Waals surface area contributed by atoms with Gasteiger partial charge in [0, 0.05) is 31.2 Å². The molecule has 2 N–H and O–H groups in total. The highest BCUT2D eigenvalue weighted by molar-refractivity contribution is 6.42. The van der Waals surface area contributed by atoms with E-state index in [9.17, 15) is 4.79 Å². The Morgan fingerprint density at radius 3 is 2.77 bits per heavy atom. The maximum absolute atomic E-state index is 11.9. The molecule has 0 atom stereocenters. The second kappa shape index (κ2) is 7.47. The van der Waals surface area contributed by atoms with E-state index in [0.29, 0.717) is 28.3 Å². The Balaban J connectivity index is 1.90. The van der Waals surface area contributed by atoms with E-state index in [2.05, 4.69) is 34.4 Å². The fourth-order valence-corrected chi connectivity index (χ4v) is 2.12. The lowest BCUT2D eigenvalue weighted by molar-refractivity contribution is 0.251. The predicted molar refractivity (Wildman–Crippen MR) is 87.2 cm³/mol. The number of hydrogen-bond donors (Lipinski definition) is 2. The number of nitrogens with zero attached hydrogens (tertiary/aromatic N) is 3. The second-order valence-electron chi connectivity index (χ2n) is 5.18. The smallest absolute Gasteiger partial charge is 0.320 e. The van der Waals surface area contributed by atoms with Crippen molar-refractivity contribution in [3.05, 3.63) is 40.5 Å². The topological polar surface area (TPSA) is 71.8 Å². The summed E-state index contributed by atoms with van der Waals surface area (Å²) in [5.74, 6) is 1.63. The van der Waals surface area contributed by atoms with Crippen LogP contribution in [0.5, 0.6) is 0 Å². The van der Waals surface area contributed by atoms with Gasteiger partial charge in [-0.15, -0.1) is 0 Å². The average molecular weight is 342 g/mol. The minimum absolute atomic E-state index is 0.326. The Morgan fingerprint density at radius 2 is 2.09 bits per heavy atom. The number of amides is 2. The summed E-state index contributed by atoms with van der Waals surface area (Å²) in [6, 6.07) is 1.10. The molecule has 22 heavy (non-hydrogen) atoms. The molecule has 0 unspecified atom stereocenters. The molecule has 0 saturated heterocycles. The lowest BCUT2D eigenvalue weighted by atomic mass is 10.2. The van der Waals surface area contributed by atoms with Crippen LogP contribution < -0.4 is 10.6 Å². The van der Waals surface area contributed by atoms with E-state index in [0.717, 1.165) is 12.4 Å². The van der Waals surface area contributed by atoms with Gasteiger partial charge in [-0.3, -0.25) is 5.32 Å². The number of pyridine rings is 1. The number of carbonyl (C=O) groups excluding carboxylic acids is 1. The third-order valence-corrected chi connectivity index (χ3v) is 3.53. The molecule has 118 valence electrons. The summed E-state index contributed by atoms with van der Waals surface area (Å²) in [6.45, 7) is 5.43. The molecular weight excluding hydrogens is 325 g/mol. The van der Waals surface area contributed by atoms with Crippen LogP contribution in [-0.4, -0.2) is 20.6 Å². The van der Waals surface area contributed by atoms with Gasteiger partial charge in [0.1, 0.15) is 11.6 Å². The highest BCUT2D eigenvalue weighted by atomic mass is 35.5. The Bertz CT molecular complexity index is 656. The van der Waals surface area contributed by atoms with Crippen LogP contribution in [0.3, 0.4) is 0 Å². The van der Waals surface area contributed by atoms with Crippen molar-refractivity contribution < 1.29 is 4.79 Å². The van der Waals surface area contributed by atoms with Crippen LogP contribution in [0.15, 0.2) is 24.7 Å². The van der Waals surface area contributed by atoms with E-state index < -0.39 is 0 Å². The molecule has 0 saturated carbocycles. The van der Waals surface area contributed by atoms with Crippen LogP contribution in [0.4, 0.5) is 10.6 Å². The molecule has 0 spiro atoms. The first-order valence-electron chi connectivity index (χ1n) is 6.81. The van der Waals surface area contributed by atoms with Crippen LogP contribution in [-0.2, 0) is 13.1 Å². The predicted octanol–water partition coefficient (Wildman–Crippen LogP) is 3.56. The van der Waals surface area contributed by atoms with Gasteiger partial charge >= 0.3 is 6.03 Å². The number of hydrogen-bond acceptors (Lipinski definition) is 3. The van der Waals surface area contributed by atoms with E-state index >= 15 is 0 Å². The number of nitrogens with one attached hydrogen (secondary N) is 2. The van der Waals surface area contributed by atoms with Gasteiger partial charge in [-0.2, -0.15) is 0 Å². The zero-order chi connectivity index (χ0) is 16.1. The Labute approximate surface area is 138 Å². The molecule has 2 aromatic rings. The lowest BCUT2D eigenvalue weighted by Crippen LogP contribution is -2.30. The number of aromatic nitrogens is 3. The molecule has 2 aromatic heterocycles. The number of halogens is 2. The van der Waals surface area contributed by atoms with Gasteiger partial charge in [0.2, 0.25) is 0 Å². The summed E-state index contributed by atoms with van der Waals surface area (Å²) in [6.07, 6.45) is 5.00. The molecule has 0 bridgehead atoms. The zero-order valence-electron chi connectivity index (χ0n) is 12.3. The summed E-state index contributed by atoms with van der Waals surface area (Å²) >= 11 is 11.6. The van der Waals surface area contributed by atoms with E-state index in [4.69, 9.17) is 23.2 Å². The maximum atomic E-state index is 11.9.